The van der Waals surface area contributed by atoms with Crippen molar-refractivity contribution >= 4 is 10.0 Å². The number of sulfonamides is 1. The maximum atomic E-state index is 12.3. The Kier molecular flexibility index (Phi) is 5.41. The Bertz CT molecular complexity index is 329. The van der Waals surface area contributed by atoms with E-state index in [1.165, 1.54) is 6.42 Å². The molecule has 5 heteroatoms. The van der Waals surface area contributed by atoms with Crippen molar-refractivity contribution in [2.45, 2.75) is 50.8 Å². The molecule has 3 atom stereocenters. The highest BCUT2D eigenvalue weighted by molar-refractivity contribution is 7.89. The highest BCUT2D eigenvalue weighted by Gasteiger charge is 2.32. The van der Waals surface area contributed by atoms with Crippen LogP contribution in [0.4, 0.5) is 0 Å². The van der Waals surface area contributed by atoms with Gasteiger partial charge in [0.1, 0.15) is 0 Å². The molecule has 1 fully saturated rings. The number of nitrogens with zero attached hydrogens (tertiary/aromatic N) is 1. The molecule has 1 saturated carbocycles. The van der Waals surface area contributed by atoms with Crippen LogP contribution in [-0.2, 0) is 10.0 Å². The van der Waals surface area contributed by atoms with Crippen molar-refractivity contribution in [2.75, 3.05) is 20.6 Å². The molecule has 0 heterocycles. The Hall–Kier alpha value is -0.130. The van der Waals surface area contributed by atoms with E-state index < -0.39 is 10.0 Å². The highest BCUT2D eigenvalue weighted by atomic mass is 32.2. The third kappa shape index (κ3) is 3.66. The minimum Gasteiger partial charge on any atom is -0.318 e. The maximum Gasteiger partial charge on any atom is 0.217 e. The van der Waals surface area contributed by atoms with Gasteiger partial charge in [0, 0.05) is 19.6 Å². The molecule has 17 heavy (non-hydrogen) atoms. The third-order valence-corrected chi connectivity index (χ3v) is 6.11. The van der Waals surface area contributed by atoms with Crippen LogP contribution >= 0.6 is 0 Å². The quantitative estimate of drug-likeness (QED) is 0.815. The fourth-order valence-corrected chi connectivity index (χ4v) is 4.17. The van der Waals surface area contributed by atoms with E-state index in [4.69, 9.17) is 0 Å². The smallest absolute Gasteiger partial charge is 0.217 e. The summed E-state index contributed by atoms with van der Waals surface area (Å²) in [7, 11) is 0.373. The van der Waals surface area contributed by atoms with Gasteiger partial charge in [-0.1, -0.05) is 19.8 Å². The van der Waals surface area contributed by atoms with Gasteiger partial charge in [-0.05, 0) is 32.7 Å². The predicted octanol–water partition coefficient (Wildman–Crippen LogP) is 1.43. The summed E-state index contributed by atoms with van der Waals surface area (Å²) in [5, 5.41) is 2.58. The monoisotopic (exact) mass is 262 g/mol. The van der Waals surface area contributed by atoms with Crippen molar-refractivity contribution in [1.82, 2.24) is 9.62 Å². The number of hydrogen-bond acceptors (Lipinski definition) is 3. The molecule has 0 aromatic carbocycles. The van der Waals surface area contributed by atoms with E-state index in [1.54, 1.807) is 25.3 Å². The summed E-state index contributed by atoms with van der Waals surface area (Å²) in [6, 6.07) is 0.197. The molecule has 0 bridgehead atoms. The summed E-state index contributed by atoms with van der Waals surface area (Å²) in [6.07, 6.45) is 4.39. The van der Waals surface area contributed by atoms with Gasteiger partial charge in [0.15, 0.2) is 0 Å². The largest absolute Gasteiger partial charge is 0.318 e. The van der Waals surface area contributed by atoms with Crippen molar-refractivity contribution in [3.8, 4) is 0 Å². The van der Waals surface area contributed by atoms with Crippen LogP contribution in [0.5, 0.6) is 0 Å². The van der Waals surface area contributed by atoms with E-state index in [1.807, 2.05) is 0 Å². The first-order valence-electron chi connectivity index (χ1n) is 6.51. The zero-order valence-electron chi connectivity index (χ0n) is 11.4. The first kappa shape index (κ1) is 14.9. The second kappa shape index (κ2) is 6.16. The minimum atomic E-state index is -3.15. The zero-order chi connectivity index (χ0) is 13.1. The predicted molar refractivity (Wildman–Crippen MR) is 71.5 cm³/mol. The second-order valence-electron chi connectivity index (χ2n) is 5.36. The van der Waals surface area contributed by atoms with Gasteiger partial charge in [-0.15, -0.1) is 0 Å². The van der Waals surface area contributed by atoms with Crippen LogP contribution < -0.4 is 5.32 Å². The van der Waals surface area contributed by atoms with Gasteiger partial charge in [0.05, 0.1) is 5.25 Å². The van der Waals surface area contributed by atoms with E-state index in [0.29, 0.717) is 12.5 Å². The van der Waals surface area contributed by atoms with E-state index in [0.717, 1.165) is 19.3 Å². The minimum absolute atomic E-state index is 0.197. The molecule has 0 spiro atoms. The molecule has 1 aliphatic carbocycles. The first-order valence-corrected chi connectivity index (χ1v) is 8.01. The van der Waals surface area contributed by atoms with Crippen LogP contribution in [-0.4, -0.2) is 44.7 Å². The molecule has 0 saturated heterocycles. The normalized spacial score (nSPS) is 28.3. The fourth-order valence-electron chi connectivity index (χ4n) is 2.62. The average Bonchev–Trinajstić information content (AvgIpc) is 2.28. The van der Waals surface area contributed by atoms with Crippen molar-refractivity contribution in [2.24, 2.45) is 5.92 Å². The molecule has 1 N–H and O–H groups in total. The van der Waals surface area contributed by atoms with E-state index >= 15 is 0 Å². The summed E-state index contributed by atoms with van der Waals surface area (Å²) in [6.45, 7) is 4.49. The van der Waals surface area contributed by atoms with Crippen LogP contribution in [0.15, 0.2) is 0 Å². The standard InChI is InChI=1S/C12H26N2O2S/c1-10-6-5-7-12(8-10)14(4)17(15,16)11(2)9-13-3/h10-13H,5-9H2,1-4H3. The maximum absolute atomic E-state index is 12.3. The van der Waals surface area contributed by atoms with Gasteiger partial charge in [-0.2, -0.15) is 0 Å². The first-order chi connectivity index (χ1) is 7.89. The van der Waals surface area contributed by atoms with E-state index in [9.17, 15) is 8.42 Å². The van der Waals surface area contributed by atoms with Crippen LogP contribution in [0.2, 0.25) is 0 Å². The molecular formula is C12H26N2O2S. The molecule has 1 rings (SSSR count). The molecule has 3 unspecified atom stereocenters. The lowest BCUT2D eigenvalue weighted by molar-refractivity contribution is 0.237. The van der Waals surface area contributed by atoms with Crippen molar-refractivity contribution in [3.63, 3.8) is 0 Å². The Balaban J connectivity index is 2.70. The third-order valence-electron chi connectivity index (χ3n) is 3.82. The molecule has 0 radical (unpaired) electrons. The molecule has 0 aromatic rings. The Morgan fingerprint density at radius 2 is 2.06 bits per heavy atom. The second-order valence-corrected chi connectivity index (χ2v) is 7.77. The molecule has 0 aromatic heterocycles. The van der Waals surface area contributed by atoms with Gasteiger partial charge in [0.2, 0.25) is 10.0 Å². The molecule has 1 aliphatic rings. The number of hydrogen-bond donors (Lipinski definition) is 1. The fraction of sp³-hybridized carbons (Fsp3) is 1.00. The lowest BCUT2D eigenvalue weighted by Crippen LogP contribution is -2.45. The lowest BCUT2D eigenvalue weighted by Gasteiger charge is -2.34. The number of nitrogens with one attached hydrogen (secondary N) is 1. The van der Waals surface area contributed by atoms with Crippen molar-refractivity contribution in [1.29, 1.82) is 0 Å². The summed E-state index contributed by atoms with van der Waals surface area (Å²) < 4.78 is 26.2. The molecule has 0 amide bonds. The zero-order valence-corrected chi connectivity index (χ0v) is 12.3. The van der Waals surface area contributed by atoms with Crippen LogP contribution in [0, 0.1) is 5.92 Å². The average molecular weight is 262 g/mol. The highest BCUT2D eigenvalue weighted by Crippen LogP contribution is 2.28. The summed E-state index contributed by atoms with van der Waals surface area (Å²) in [5.74, 6) is 0.644. The topological polar surface area (TPSA) is 49.4 Å². The molecular weight excluding hydrogens is 236 g/mol. The van der Waals surface area contributed by atoms with Gasteiger partial charge in [-0.3, -0.25) is 0 Å². The summed E-state index contributed by atoms with van der Waals surface area (Å²) >= 11 is 0. The Morgan fingerprint density at radius 1 is 1.41 bits per heavy atom. The summed E-state index contributed by atoms with van der Waals surface area (Å²) in [5.41, 5.74) is 0. The van der Waals surface area contributed by atoms with Crippen LogP contribution in [0.1, 0.15) is 39.5 Å². The molecule has 4 nitrogen and oxygen atoms in total. The van der Waals surface area contributed by atoms with Gasteiger partial charge >= 0.3 is 0 Å². The van der Waals surface area contributed by atoms with Gasteiger partial charge in [0.25, 0.3) is 0 Å². The van der Waals surface area contributed by atoms with Crippen molar-refractivity contribution in [3.05, 3.63) is 0 Å². The van der Waals surface area contributed by atoms with E-state index in [2.05, 4.69) is 12.2 Å². The SMILES string of the molecule is CNCC(C)S(=O)(=O)N(C)C1CCCC(C)C1. The van der Waals surface area contributed by atoms with Crippen LogP contribution in [0.25, 0.3) is 0 Å². The number of rotatable bonds is 5. The Labute approximate surface area is 106 Å². The van der Waals surface area contributed by atoms with Crippen LogP contribution in [0.3, 0.4) is 0 Å². The molecule has 102 valence electrons. The molecule has 0 aliphatic heterocycles. The lowest BCUT2D eigenvalue weighted by atomic mass is 9.87. The summed E-state index contributed by atoms with van der Waals surface area (Å²) in [4.78, 5) is 0. The van der Waals surface area contributed by atoms with Crippen molar-refractivity contribution < 1.29 is 8.42 Å². The van der Waals surface area contributed by atoms with Gasteiger partial charge in [-0.25, -0.2) is 12.7 Å². The van der Waals surface area contributed by atoms with Gasteiger partial charge < -0.3 is 5.32 Å². The van der Waals surface area contributed by atoms with E-state index in [-0.39, 0.29) is 11.3 Å². The Morgan fingerprint density at radius 3 is 2.59 bits per heavy atom.